The third-order valence-corrected chi connectivity index (χ3v) is 7.42. The van der Waals surface area contributed by atoms with Crippen molar-refractivity contribution in [1.82, 2.24) is 9.88 Å². The van der Waals surface area contributed by atoms with E-state index in [2.05, 4.69) is 19.1 Å². The van der Waals surface area contributed by atoms with Crippen molar-refractivity contribution in [2.75, 3.05) is 19.8 Å². The molecule has 2 aliphatic heterocycles. The molecule has 6 rings (SSSR count). The largest absolute Gasteiger partial charge is 0.490 e. The van der Waals surface area contributed by atoms with Gasteiger partial charge in [-0.2, -0.15) is 0 Å². The van der Waals surface area contributed by atoms with Gasteiger partial charge in [0.15, 0.2) is 11.5 Å². The van der Waals surface area contributed by atoms with Crippen LogP contribution in [0, 0.1) is 0 Å². The Kier molecular flexibility index (Phi) is 5.03. The van der Waals surface area contributed by atoms with Crippen molar-refractivity contribution >= 4 is 28.1 Å². The molecule has 0 bridgehead atoms. The van der Waals surface area contributed by atoms with E-state index in [-0.39, 0.29) is 11.9 Å². The number of thiophene rings is 1. The molecule has 0 spiro atoms. The van der Waals surface area contributed by atoms with E-state index < -0.39 is 0 Å². The van der Waals surface area contributed by atoms with Crippen LogP contribution >= 0.6 is 11.3 Å². The molecule has 0 aliphatic carbocycles. The molecule has 1 amide bonds. The molecule has 6 heteroatoms. The predicted octanol–water partition coefficient (Wildman–Crippen LogP) is 5.88. The first-order valence-corrected chi connectivity index (χ1v) is 12.2. The Bertz CT molecular complexity index is 1350. The number of hydrogen-bond donors (Lipinski definition) is 0. The third-order valence-electron chi connectivity index (χ3n) is 6.53. The lowest BCUT2D eigenvalue weighted by molar-refractivity contribution is 0.0679. The lowest BCUT2D eigenvalue weighted by atomic mass is 9.92. The van der Waals surface area contributed by atoms with E-state index in [1.165, 1.54) is 5.56 Å². The van der Waals surface area contributed by atoms with E-state index in [1.807, 2.05) is 52.7 Å². The normalized spacial score (nSPS) is 17.5. The molecule has 4 heterocycles. The number of rotatable bonds is 2. The molecule has 5 nitrogen and oxygen atoms in total. The zero-order valence-corrected chi connectivity index (χ0v) is 19.2. The molecule has 0 fully saturated rings. The topological polar surface area (TPSA) is 51.7 Å². The average molecular weight is 457 g/mol. The van der Waals surface area contributed by atoms with Crippen molar-refractivity contribution in [1.29, 1.82) is 0 Å². The summed E-state index contributed by atoms with van der Waals surface area (Å²) in [4.78, 5) is 21.8. The van der Waals surface area contributed by atoms with Gasteiger partial charge in [0.25, 0.3) is 5.91 Å². The maximum Gasteiger partial charge on any atom is 0.255 e. The van der Waals surface area contributed by atoms with Crippen LogP contribution in [-0.2, 0) is 6.42 Å². The lowest BCUT2D eigenvalue weighted by Crippen LogP contribution is -2.39. The van der Waals surface area contributed by atoms with Gasteiger partial charge in [0.2, 0.25) is 0 Å². The predicted molar refractivity (Wildman–Crippen MR) is 130 cm³/mol. The molecule has 0 saturated heterocycles. The van der Waals surface area contributed by atoms with Crippen LogP contribution in [-0.4, -0.2) is 35.5 Å². The first-order chi connectivity index (χ1) is 16.2. The molecular formula is C27H24N2O3S. The monoisotopic (exact) mass is 456 g/mol. The van der Waals surface area contributed by atoms with Crippen molar-refractivity contribution in [3.05, 3.63) is 76.7 Å². The highest BCUT2D eigenvalue weighted by molar-refractivity contribution is 7.13. The summed E-state index contributed by atoms with van der Waals surface area (Å²) in [5, 5.41) is 2.92. The second-order valence-corrected chi connectivity index (χ2v) is 9.47. The Labute approximate surface area is 196 Å². The highest BCUT2D eigenvalue weighted by Crippen LogP contribution is 2.40. The molecule has 166 valence electrons. The number of hydrogen-bond acceptors (Lipinski definition) is 5. The Morgan fingerprint density at radius 1 is 1.06 bits per heavy atom. The Balaban J connectivity index is 1.40. The highest BCUT2D eigenvalue weighted by Gasteiger charge is 2.31. The number of carbonyl (C=O) groups excluding carboxylic acids is 1. The number of benzene rings is 2. The maximum absolute atomic E-state index is 13.9. The van der Waals surface area contributed by atoms with Gasteiger partial charge in [-0.3, -0.25) is 4.79 Å². The van der Waals surface area contributed by atoms with E-state index >= 15 is 0 Å². The average Bonchev–Trinajstić information content (AvgIpc) is 3.29. The van der Waals surface area contributed by atoms with Crippen molar-refractivity contribution in [2.24, 2.45) is 0 Å². The van der Waals surface area contributed by atoms with Gasteiger partial charge in [-0.1, -0.05) is 24.3 Å². The van der Waals surface area contributed by atoms with E-state index in [1.54, 1.807) is 11.3 Å². The van der Waals surface area contributed by atoms with Crippen LogP contribution in [0.4, 0.5) is 0 Å². The van der Waals surface area contributed by atoms with Crippen LogP contribution in [0.2, 0.25) is 0 Å². The summed E-state index contributed by atoms with van der Waals surface area (Å²) in [5.41, 5.74) is 4.75. The number of nitrogens with zero attached hydrogens (tertiary/aromatic N) is 2. The molecule has 2 aliphatic rings. The molecule has 1 unspecified atom stereocenters. The Morgan fingerprint density at radius 3 is 2.70 bits per heavy atom. The summed E-state index contributed by atoms with van der Waals surface area (Å²) in [5.74, 6) is 1.64. The van der Waals surface area contributed by atoms with Gasteiger partial charge in [0, 0.05) is 18.4 Å². The van der Waals surface area contributed by atoms with Gasteiger partial charge in [-0.05, 0) is 60.2 Å². The summed E-state index contributed by atoms with van der Waals surface area (Å²) >= 11 is 1.63. The quantitative estimate of drug-likeness (QED) is 0.378. The third kappa shape index (κ3) is 3.55. The van der Waals surface area contributed by atoms with Crippen LogP contribution in [0.3, 0.4) is 0 Å². The summed E-state index contributed by atoms with van der Waals surface area (Å²) in [6.07, 6.45) is 1.67. The molecule has 0 N–H and O–H groups in total. The molecular weight excluding hydrogens is 432 g/mol. The number of ether oxygens (including phenoxy) is 2. The first-order valence-electron chi connectivity index (χ1n) is 11.4. The standard InChI is InChI=1S/C27H24N2O3S/c1-17-20-16-25-24(31-11-5-12-32-25)14-18(20)9-10-29(17)27(30)21-15-23(26-8-4-13-33-26)28-22-7-3-2-6-19(21)22/h2-4,6-8,13-17H,5,9-12H2,1H3. The summed E-state index contributed by atoms with van der Waals surface area (Å²) in [6, 6.07) is 18.0. The zero-order valence-electron chi connectivity index (χ0n) is 18.4. The first kappa shape index (κ1) is 20.2. The molecule has 0 radical (unpaired) electrons. The van der Waals surface area contributed by atoms with E-state index in [0.29, 0.717) is 25.3 Å². The number of para-hydroxylation sites is 1. The fourth-order valence-corrected chi connectivity index (χ4v) is 5.50. The van der Waals surface area contributed by atoms with Crippen LogP contribution in [0.5, 0.6) is 11.5 Å². The van der Waals surface area contributed by atoms with Crippen molar-refractivity contribution in [3.8, 4) is 22.1 Å². The fourth-order valence-electron chi connectivity index (χ4n) is 4.81. The SMILES string of the molecule is CC1c2cc3c(cc2CCN1C(=O)c1cc(-c2cccs2)nc2ccccc12)OCCCO3. The Morgan fingerprint density at radius 2 is 1.88 bits per heavy atom. The number of aromatic nitrogens is 1. The second kappa shape index (κ2) is 8.19. The molecule has 33 heavy (non-hydrogen) atoms. The fraction of sp³-hybridized carbons (Fsp3) is 0.259. The van der Waals surface area contributed by atoms with Crippen LogP contribution in [0.15, 0.2) is 60.0 Å². The van der Waals surface area contributed by atoms with E-state index in [4.69, 9.17) is 14.5 Å². The van der Waals surface area contributed by atoms with Gasteiger partial charge in [-0.15, -0.1) is 11.3 Å². The van der Waals surface area contributed by atoms with Crippen LogP contribution < -0.4 is 9.47 Å². The summed E-state index contributed by atoms with van der Waals surface area (Å²) in [7, 11) is 0. The second-order valence-electron chi connectivity index (χ2n) is 8.52. The number of pyridine rings is 1. The van der Waals surface area contributed by atoms with E-state index in [9.17, 15) is 4.79 Å². The maximum atomic E-state index is 13.9. The van der Waals surface area contributed by atoms with Gasteiger partial charge >= 0.3 is 0 Å². The molecule has 4 aromatic rings. The zero-order chi connectivity index (χ0) is 22.4. The minimum atomic E-state index is -0.0597. The summed E-state index contributed by atoms with van der Waals surface area (Å²) in [6.45, 7) is 4.09. The summed E-state index contributed by atoms with van der Waals surface area (Å²) < 4.78 is 11.8. The van der Waals surface area contributed by atoms with Gasteiger partial charge in [-0.25, -0.2) is 4.98 Å². The smallest absolute Gasteiger partial charge is 0.255 e. The number of carbonyl (C=O) groups is 1. The minimum Gasteiger partial charge on any atom is -0.490 e. The van der Waals surface area contributed by atoms with Gasteiger partial charge < -0.3 is 14.4 Å². The molecule has 1 atom stereocenters. The Hall–Kier alpha value is -3.38. The van der Waals surface area contributed by atoms with Crippen molar-refractivity contribution in [2.45, 2.75) is 25.8 Å². The van der Waals surface area contributed by atoms with Crippen LogP contribution in [0.25, 0.3) is 21.5 Å². The molecule has 2 aromatic heterocycles. The van der Waals surface area contributed by atoms with Gasteiger partial charge in [0.1, 0.15) is 0 Å². The van der Waals surface area contributed by atoms with E-state index in [0.717, 1.165) is 51.4 Å². The van der Waals surface area contributed by atoms with Crippen molar-refractivity contribution in [3.63, 3.8) is 0 Å². The van der Waals surface area contributed by atoms with Crippen molar-refractivity contribution < 1.29 is 14.3 Å². The minimum absolute atomic E-state index is 0.0386. The lowest BCUT2D eigenvalue weighted by Gasteiger charge is -2.36. The van der Waals surface area contributed by atoms with Gasteiger partial charge in [0.05, 0.1) is 40.9 Å². The van der Waals surface area contributed by atoms with Crippen LogP contribution in [0.1, 0.15) is 40.9 Å². The number of fused-ring (bicyclic) bond motifs is 3. The number of amides is 1. The highest BCUT2D eigenvalue weighted by atomic mass is 32.1. The molecule has 2 aromatic carbocycles. The molecule has 0 saturated carbocycles.